The number of piperidine rings is 1. The van der Waals surface area contributed by atoms with Gasteiger partial charge in [-0.2, -0.15) is 0 Å². The Balaban J connectivity index is 2.23. The molecule has 76 valence electrons. The van der Waals surface area contributed by atoms with Gasteiger partial charge < -0.3 is 15.0 Å². The molecule has 0 radical (unpaired) electrons. The zero-order valence-electron chi connectivity index (χ0n) is 8.38. The smallest absolute Gasteiger partial charge is 0.224 e. The van der Waals surface area contributed by atoms with Gasteiger partial charge in [-0.3, -0.25) is 4.79 Å². The van der Waals surface area contributed by atoms with Crippen LogP contribution in [0.1, 0.15) is 12.8 Å². The summed E-state index contributed by atoms with van der Waals surface area (Å²) in [4.78, 5) is 13.7. The zero-order chi connectivity index (χ0) is 9.68. The van der Waals surface area contributed by atoms with Gasteiger partial charge in [0.05, 0.1) is 0 Å². The highest BCUT2D eigenvalue weighted by Crippen LogP contribution is 2.15. The summed E-state index contributed by atoms with van der Waals surface area (Å²) in [6.07, 6.45) is 1.93. The molecule has 0 spiro atoms. The summed E-state index contributed by atoms with van der Waals surface area (Å²) < 4.78 is 4.78. The largest absolute Gasteiger partial charge is 0.364 e. The fourth-order valence-corrected chi connectivity index (χ4v) is 1.56. The molecule has 13 heavy (non-hydrogen) atoms. The fourth-order valence-electron chi connectivity index (χ4n) is 1.56. The second-order valence-corrected chi connectivity index (χ2v) is 3.55. The van der Waals surface area contributed by atoms with Crippen LogP contribution in [0, 0.1) is 5.92 Å². The molecule has 0 aliphatic carbocycles. The van der Waals surface area contributed by atoms with Crippen molar-refractivity contribution in [3.05, 3.63) is 0 Å². The standard InChI is InChI=1S/C9H18N2O2/c1-11-5-3-8(4-6-11)9(12)10-7-13-2/h8H,3-7H2,1-2H3,(H,10,12). The summed E-state index contributed by atoms with van der Waals surface area (Å²) in [5.41, 5.74) is 0. The molecule has 0 bridgehead atoms. The molecule has 4 nitrogen and oxygen atoms in total. The second-order valence-electron chi connectivity index (χ2n) is 3.55. The number of amides is 1. The first kappa shape index (κ1) is 10.5. The molecule has 1 fully saturated rings. The third kappa shape index (κ3) is 3.32. The number of rotatable bonds is 3. The summed E-state index contributed by atoms with van der Waals surface area (Å²) in [5, 5.41) is 2.74. The predicted octanol–water partition coefficient (Wildman–Crippen LogP) is 0.0483. The van der Waals surface area contributed by atoms with Gasteiger partial charge in [-0.15, -0.1) is 0 Å². The van der Waals surface area contributed by atoms with Crippen LogP contribution >= 0.6 is 0 Å². The van der Waals surface area contributed by atoms with Crippen LogP contribution in [-0.4, -0.2) is 44.8 Å². The Morgan fingerprint density at radius 2 is 2.15 bits per heavy atom. The maximum absolute atomic E-state index is 11.5. The SMILES string of the molecule is COCNC(=O)C1CCN(C)CC1. The molecule has 1 rings (SSSR count). The van der Waals surface area contributed by atoms with E-state index in [1.54, 1.807) is 7.11 Å². The van der Waals surface area contributed by atoms with E-state index in [-0.39, 0.29) is 11.8 Å². The van der Waals surface area contributed by atoms with E-state index < -0.39 is 0 Å². The number of carbonyl (C=O) groups is 1. The fraction of sp³-hybridized carbons (Fsp3) is 0.889. The average Bonchev–Trinajstić information content (AvgIpc) is 2.15. The van der Waals surface area contributed by atoms with E-state index >= 15 is 0 Å². The number of carbonyl (C=O) groups excluding carboxylic acids is 1. The number of hydrogen-bond acceptors (Lipinski definition) is 3. The van der Waals surface area contributed by atoms with Gasteiger partial charge in [0.2, 0.25) is 5.91 Å². The molecule has 0 aromatic heterocycles. The molecular formula is C9H18N2O2. The molecule has 1 aliphatic heterocycles. The lowest BCUT2D eigenvalue weighted by atomic mass is 9.96. The minimum absolute atomic E-state index is 0.134. The highest BCUT2D eigenvalue weighted by molar-refractivity contribution is 5.78. The molecule has 0 aromatic rings. The Labute approximate surface area is 79.2 Å². The van der Waals surface area contributed by atoms with E-state index in [1.165, 1.54) is 0 Å². The lowest BCUT2D eigenvalue weighted by Gasteiger charge is -2.27. The summed E-state index contributed by atoms with van der Waals surface area (Å²) in [6.45, 7) is 2.36. The van der Waals surface area contributed by atoms with Gasteiger partial charge in [-0.25, -0.2) is 0 Å². The molecule has 1 heterocycles. The van der Waals surface area contributed by atoms with Crippen LogP contribution in [0.4, 0.5) is 0 Å². The van der Waals surface area contributed by atoms with Gasteiger partial charge in [0.25, 0.3) is 0 Å². The third-order valence-electron chi connectivity index (χ3n) is 2.48. The van der Waals surface area contributed by atoms with Crippen molar-refractivity contribution in [1.29, 1.82) is 0 Å². The number of likely N-dealkylation sites (tertiary alicyclic amines) is 1. The van der Waals surface area contributed by atoms with E-state index in [2.05, 4.69) is 17.3 Å². The molecule has 4 heteroatoms. The molecule has 0 atom stereocenters. The summed E-state index contributed by atoms with van der Waals surface area (Å²) in [5.74, 6) is 0.321. The van der Waals surface area contributed by atoms with Crippen molar-refractivity contribution < 1.29 is 9.53 Å². The van der Waals surface area contributed by atoms with E-state index in [0.29, 0.717) is 6.73 Å². The highest BCUT2D eigenvalue weighted by atomic mass is 16.5. The number of hydrogen-bond donors (Lipinski definition) is 1. The number of methoxy groups -OCH3 is 1. The maximum Gasteiger partial charge on any atom is 0.224 e. The van der Waals surface area contributed by atoms with Crippen LogP contribution in [0.3, 0.4) is 0 Å². The molecule has 0 saturated carbocycles. The van der Waals surface area contributed by atoms with Gasteiger partial charge in [-0.1, -0.05) is 0 Å². The predicted molar refractivity (Wildman–Crippen MR) is 50.2 cm³/mol. The van der Waals surface area contributed by atoms with Crippen molar-refractivity contribution in [2.45, 2.75) is 12.8 Å². The second kappa shape index (κ2) is 5.19. The van der Waals surface area contributed by atoms with Crippen LogP contribution in [0.2, 0.25) is 0 Å². The Morgan fingerprint density at radius 1 is 1.54 bits per heavy atom. The Hall–Kier alpha value is -0.610. The first-order valence-corrected chi connectivity index (χ1v) is 4.69. The first-order valence-electron chi connectivity index (χ1n) is 4.69. The Morgan fingerprint density at radius 3 is 2.69 bits per heavy atom. The van der Waals surface area contributed by atoms with Crippen LogP contribution < -0.4 is 5.32 Å². The minimum Gasteiger partial charge on any atom is -0.364 e. The van der Waals surface area contributed by atoms with E-state index in [4.69, 9.17) is 4.74 Å². The van der Waals surface area contributed by atoms with E-state index in [1.807, 2.05) is 0 Å². The van der Waals surface area contributed by atoms with Gasteiger partial charge >= 0.3 is 0 Å². The molecule has 0 unspecified atom stereocenters. The molecular weight excluding hydrogens is 168 g/mol. The minimum atomic E-state index is 0.134. The van der Waals surface area contributed by atoms with Crippen molar-refractivity contribution in [3.63, 3.8) is 0 Å². The van der Waals surface area contributed by atoms with Crippen molar-refractivity contribution in [1.82, 2.24) is 10.2 Å². The summed E-state index contributed by atoms with van der Waals surface area (Å²) >= 11 is 0. The van der Waals surface area contributed by atoms with E-state index in [9.17, 15) is 4.79 Å². The van der Waals surface area contributed by atoms with Crippen molar-refractivity contribution in [2.24, 2.45) is 5.92 Å². The van der Waals surface area contributed by atoms with Crippen molar-refractivity contribution in [3.8, 4) is 0 Å². The van der Waals surface area contributed by atoms with E-state index in [0.717, 1.165) is 25.9 Å². The van der Waals surface area contributed by atoms with Gasteiger partial charge in [0.1, 0.15) is 6.73 Å². The quantitative estimate of drug-likeness (QED) is 0.633. The first-order chi connectivity index (χ1) is 6.24. The van der Waals surface area contributed by atoms with Gasteiger partial charge in [-0.05, 0) is 33.0 Å². The van der Waals surface area contributed by atoms with Crippen LogP contribution in [0.25, 0.3) is 0 Å². The summed E-state index contributed by atoms with van der Waals surface area (Å²) in [6, 6.07) is 0. The molecule has 1 saturated heterocycles. The lowest BCUT2D eigenvalue weighted by molar-refractivity contribution is -0.127. The van der Waals surface area contributed by atoms with Crippen LogP contribution in [-0.2, 0) is 9.53 Å². The van der Waals surface area contributed by atoms with Crippen LogP contribution in [0.15, 0.2) is 0 Å². The summed E-state index contributed by atoms with van der Waals surface area (Å²) in [7, 11) is 3.66. The molecule has 0 aromatic carbocycles. The Kier molecular flexibility index (Phi) is 4.18. The number of nitrogens with one attached hydrogen (secondary N) is 1. The van der Waals surface area contributed by atoms with Crippen molar-refractivity contribution in [2.75, 3.05) is 34.0 Å². The van der Waals surface area contributed by atoms with Gasteiger partial charge in [0.15, 0.2) is 0 Å². The maximum atomic E-state index is 11.5. The van der Waals surface area contributed by atoms with Crippen LogP contribution in [0.5, 0.6) is 0 Å². The average molecular weight is 186 g/mol. The molecule has 1 N–H and O–H groups in total. The monoisotopic (exact) mass is 186 g/mol. The van der Waals surface area contributed by atoms with Crippen molar-refractivity contribution >= 4 is 5.91 Å². The topological polar surface area (TPSA) is 41.6 Å². The molecule has 1 aliphatic rings. The zero-order valence-corrected chi connectivity index (χ0v) is 8.38. The third-order valence-corrected chi connectivity index (χ3v) is 2.48. The number of nitrogens with zero attached hydrogens (tertiary/aromatic N) is 1. The molecule has 1 amide bonds. The lowest BCUT2D eigenvalue weighted by Crippen LogP contribution is -2.39. The number of ether oxygens (including phenoxy) is 1. The highest BCUT2D eigenvalue weighted by Gasteiger charge is 2.22. The Bertz CT molecular complexity index is 165. The van der Waals surface area contributed by atoms with Gasteiger partial charge in [0, 0.05) is 13.0 Å². The normalized spacial score (nSPS) is 20.2.